The standard InChI is InChI=1S/C36H37N3O3/c1-6-10-30(23-11-8-7-9-12-23)39-34(40)24-14-17-26(29(20-24)35(41)42)28-19-22(2)13-16-27(28)33-37-31-18-15-25(36(3,4)5)21-32(31)38-33/h7-9,11-21,30H,6,10H2,1-5H3,(H,37,38)(H,39,40)(H,41,42)/t30-/m1/s1. The lowest BCUT2D eigenvalue weighted by Gasteiger charge is -2.19. The Kier molecular flexibility index (Phi) is 7.99. The second-order valence-corrected chi connectivity index (χ2v) is 11.9. The third kappa shape index (κ3) is 5.98. The zero-order valence-electron chi connectivity index (χ0n) is 24.8. The molecule has 5 rings (SSSR count). The van der Waals surface area contributed by atoms with Gasteiger partial charge >= 0.3 is 5.97 Å². The molecule has 0 aliphatic heterocycles. The molecule has 0 saturated heterocycles. The summed E-state index contributed by atoms with van der Waals surface area (Å²) in [5.74, 6) is -0.739. The fourth-order valence-electron chi connectivity index (χ4n) is 5.32. The van der Waals surface area contributed by atoms with Crippen molar-refractivity contribution in [2.24, 2.45) is 0 Å². The molecule has 0 aliphatic carbocycles. The number of aromatic nitrogens is 2. The Morgan fingerprint density at radius 1 is 0.905 bits per heavy atom. The third-order valence-corrected chi connectivity index (χ3v) is 7.67. The van der Waals surface area contributed by atoms with Gasteiger partial charge in [0, 0.05) is 11.1 Å². The quantitative estimate of drug-likeness (QED) is 0.178. The highest BCUT2D eigenvalue weighted by Gasteiger charge is 2.22. The maximum atomic E-state index is 13.3. The fraction of sp³-hybridized carbons (Fsp3) is 0.250. The van der Waals surface area contributed by atoms with Crippen molar-refractivity contribution in [3.05, 3.63) is 113 Å². The molecule has 4 aromatic carbocycles. The number of hydrogen-bond acceptors (Lipinski definition) is 3. The number of nitrogens with zero attached hydrogens (tertiary/aromatic N) is 1. The SMILES string of the molecule is CCC[C@@H](NC(=O)c1ccc(-c2cc(C)ccc2-c2nc3cc(C(C)(C)C)ccc3[nH]2)c(C(=O)O)c1)c1ccccc1. The van der Waals surface area contributed by atoms with Crippen molar-refractivity contribution in [2.45, 2.75) is 58.9 Å². The molecule has 0 radical (unpaired) electrons. The Hall–Kier alpha value is -4.71. The van der Waals surface area contributed by atoms with Crippen LogP contribution in [0, 0.1) is 6.92 Å². The van der Waals surface area contributed by atoms with Crippen molar-refractivity contribution in [1.29, 1.82) is 0 Å². The normalized spacial score (nSPS) is 12.3. The zero-order chi connectivity index (χ0) is 30.0. The minimum absolute atomic E-state index is 0.00952. The molecule has 0 spiro atoms. The van der Waals surface area contributed by atoms with Crippen LogP contribution in [-0.4, -0.2) is 27.0 Å². The minimum atomic E-state index is -1.10. The summed E-state index contributed by atoms with van der Waals surface area (Å²) in [5, 5.41) is 13.4. The number of aromatic amines is 1. The van der Waals surface area contributed by atoms with Crippen LogP contribution in [0.25, 0.3) is 33.5 Å². The summed E-state index contributed by atoms with van der Waals surface area (Å²) in [6.07, 6.45) is 1.68. The van der Waals surface area contributed by atoms with E-state index >= 15 is 0 Å². The summed E-state index contributed by atoms with van der Waals surface area (Å²) in [6.45, 7) is 10.6. The molecule has 3 N–H and O–H groups in total. The first-order valence-corrected chi connectivity index (χ1v) is 14.4. The first-order valence-electron chi connectivity index (χ1n) is 14.4. The van der Waals surface area contributed by atoms with Crippen molar-refractivity contribution in [1.82, 2.24) is 15.3 Å². The highest BCUT2D eigenvalue weighted by molar-refractivity contribution is 6.03. The van der Waals surface area contributed by atoms with Crippen LogP contribution in [0.15, 0.2) is 84.9 Å². The van der Waals surface area contributed by atoms with Crippen molar-refractivity contribution in [3.63, 3.8) is 0 Å². The van der Waals surface area contributed by atoms with Gasteiger partial charge in [0.05, 0.1) is 22.6 Å². The van der Waals surface area contributed by atoms with Gasteiger partial charge in [-0.3, -0.25) is 4.79 Å². The van der Waals surface area contributed by atoms with E-state index in [-0.39, 0.29) is 22.9 Å². The Morgan fingerprint density at radius 3 is 2.33 bits per heavy atom. The monoisotopic (exact) mass is 559 g/mol. The molecule has 1 atom stereocenters. The summed E-state index contributed by atoms with van der Waals surface area (Å²) < 4.78 is 0. The fourth-order valence-corrected chi connectivity index (χ4v) is 5.32. The number of rotatable bonds is 8. The summed E-state index contributed by atoms with van der Waals surface area (Å²) in [7, 11) is 0. The highest BCUT2D eigenvalue weighted by atomic mass is 16.4. The molecule has 0 saturated carbocycles. The number of nitrogens with one attached hydrogen (secondary N) is 2. The topological polar surface area (TPSA) is 95.1 Å². The number of carbonyl (C=O) groups excluding carboxylic acids is 1. The zero-order valence-corrected chi connectivity index (χ0v) is 24.8. The Morgan fingerprint density at radius 2 is 1.64 bits per heavy atom. The van der Waals surface area contributed by atoms with Crippen LogP contribution >= 0.6 is 0 Å². The van der Waals surface area contributed by atoms with Crippen LogP contribution in [0.2, 0.25) is 0 Å². The van der Waals surface area contributed by atoms with E-state index in [4.69, 9.17) is 4.98 Å². The largest absolute Gasteiger partial charge is 0.478 e. The number of aromatic carboxylic acids is 1. The van der Waals surface area contributed by atoms with Crippen LogP contribution in [0.1, 0.15) is 84.0 Å². The number of imidazole rings is 1. The first kappa shape index (κ1) is 28.8. The molecular formula is C36H37N3O3. The number of benzene rings is 4. The lowest BCUT2D eigenvalue weighted by molar-refractivity contribution is 0.0697. The average molecular weight is 560 g/mol. The number of carbonyl (C=O) groups is 2. The molecule has 1 aromatic heterocycles. The smallest absolute Gasteiger partial charge is 0.336 e. The lowest BCUT2D eigenvalue weighted by Crippen LogP contribution is -2.28. The Labute approximate surface area is 246 Å². The van der Waals surface area contributed by atoms with Crippen LogP contribution in [0.3, 0.4) is 0 Å². The van der Waals surface area contributed by atoms with Gasteiger partial charge in [-0.15, -0.1) is 0 Å². The van der Waals surface area contributed by atoms with E-state index in [2.05, 4.69) is 50.1 Å². The molecule has 0 aliphatic rings. The van der Waals surface area contributed by atoms with Crippen LogP contribution in [-0.2, 0) is 5.41 Å². The summed E-state index contributed by atoms with van der Waals surface area (Å²) >= 11 is 0. The average Bonchev–Trinajstić information content (AvgIpc) is 3.40. The molecule has 6 heteroatoms. The summed E-state index contributed by atoms with van der Waals surface area (Å²) in [4.78, 5) is 34.2. The number of aryl methyl sites for hydroxylation is 1. The first-order chi connectivity index (χ1) is 20.0. The van der Waals surface area contributed by atoms with Gasteiger partial charge in [-0.2, -0.15) is 0 Å². The maximum absolute atomic E-state index is 13.3. The predicted molar refractivity (Wildman–Crippen MR) is 169 cm³/mol. The Balaban J connectivity index is 1.54. The van der Waals surface area contributed by atoms with E-state index in [1.54, 1.807) is 12.1 Å². The van der Waals surface area contributed by atoms with E-state index in [1.807, 2.05) is 61.5 Å². The van der Waals surface area contributed by atoms with Gasteiger partial charge in [0.25, 0.3) is 5.91 Å². The van der Waals surface area contributed by atoms with E-state index in [0.717, 1.165) is 46.1 Å². The number of carboxylic acid groups (broad SMARTS) is 1. The molecule has 0 unspecified atom stereocenters. The second-order valence-electron chi connectivity index (χ2n) is 11.9. The van der Waals surface area contributed by atoms with Gasteiger partial charge in [-0.05, 0) is 65.3 Å². The van der Waals surface area contributed by atoms with Crippen molar-refractivity contribution < 1.29 is 14.7 Å². The molecule has 42 heavy (non-hydrogen) atoms. The number of amides is 1. The molecule has 0 fully saturated rings. The van der Waals surface area contributed by atoms with Crippen molar-refractivity contribution >= 4 is 22.9 Å². The van der Waals surface area contributed by atoms with Crippen LogP contribution < -0.4 is 5.32 Å². The van der Waals surface area contributed by atoms with E-state index in [0.29, 0.717) is 17.0 Å². The molecular weight excluding hydrogens is 522 g/mol. The van der Waals surface area contributed by atoms with E-state index < -0.39 is 5.97 Å². The predicted octanol–water partition coefficient (Wildman–Crippen LogP) is 8.47. The van der Waals surface area contributed by atoms with E-state index in [9.17, 15) is 14.7 Å². The molecule has 0 bridgehead atoms. The van der Waals surface area contributed by atoms with Gasteiger partial charge in [0.2, 0.25) is 0 Å². The van der Waals surface area contributed by atoms with Crippen molar-refractivity contribution in [2.75, 3.05) is 0 Å². The number of carboxylic acids is 1. The second kappa shape index (κ2) is 11.6. The van der Waals surface area contributed by atoms with Gasteiger partial charge < -0.3 is 15.4 Å². The molecule has 5 aromatic rings. The summed E-state index contributed by atoms with van der Waals surface area (Å²) in [5.41, 5.74) is 7.39. The third-order valence-electron chi connectivity index (χ3n) is 7.67. The number of hydrogen-bond donors (Lipinski definition) is 3. The lowest BCUT2D eigenvalue weighted by atomic mass is 9.87. The highest BCUT2D eigenvalue weighted by Crippen LogP contribution is 2.36. The van der Waals surface area contributed by atoms with Gasteiger partial charge in [-0.1, -0.05) is 100 Å². The van der Waals surface area contributed by atoms with Gasteiger partial charge in [0.1, 0.15) is 5.82 Å². The van der Waals surface area contributed by atoms with E-state index in [1.165, 1.54) is 11.6 Å². The molecule has 1 amide bonds. The minimum Gasteiger partial charge on any atom is -0.478 e. The maximum Gasteiger partial charge on any atom is 0.336 e. The molecule has 6 nitrogen and oxygen atoms in total. The van der Waals surface area contributed by atoms with Crippen molar-refractivity contribution in [3.8, 4) is 22.5 Å². The van der Waals surface area contributed by atoms with Gasteiger partial charge in [-0.25, -0.2) is 9.78 Å². The van der Waals surface area contributed by atoms with Crippen LogP contribution in [0.5, 0.6) is 0 Å². The summed E-state index contributed by atoms with van der Waals surface area (Å²) in [6, 6.07) is 26.7. The number of H-pyrrole nitrogens is 1. The number of fused-ring (bicyclic) bond motifs is 1. The Bertz CT molecular complexity index is 1760. The van der Waals surface area contributed by atoms with Crippen LogP contribution in [0.4, 0.5) is 0 Å². The molecule has 1 heterocycles. The van der Waals surface area contributed by atoms with Gasteiger partial charge in [0.15, 0.2) is 0 Å². The molecule has 214 valence electrons.